The smallest absolute Gasteiger partial charge is 0.255 e. The predicted molar refractivity (Wildman–Crippen MR) is 74.3 cm³/mol. The zero-order chi connectivity index (χ0) is 14.1. The van der Waals surface area contributed by atoms with Gasteiger partial charge < -0.3 is 20.5 Å². The largest absolute Gasteiger partial charge is 0.490 e. The fourth-order valence-corrected chi connectivity index (χ4v) is 1.61. The summed E-state index contributed by atoms with van der Waals surface area (Å²) in [5.41, 5.74) is 6.17. The first-order chi connectivity index (χ1) is 9.17. The minimum atomic E-state index is -0.504. The molecule has 0 unspecified atom stereocenters. The summed E-state index contributed by atoms with van der Waals surface area (Å²) in [6.45, 7) is 6.18. The number of carbonyl (C=O) groups is 1. The number of carbonyl (C=O) groups excluding carboxylic acids is 1. The van der Waals surface area contributed by atoms with Gasteiger partial charge in [0, 0.05) is 6.54 Å². The molecular formula is C14H22N2O3. The zero-order valence-electron chi connectivity index (χ0n) is 11.6. The maximum absolute atomic E-state index is 10.7. The van der Waals surface area contributed by atoms with E-state index in [1.807, 2.05) is 19.1 Å². The van der Waals surface area contributed by atoms with Crippen LogP contribution in [0.4, 0.5) is 0 Å². The van der Waals surface area contributed by atoms with Crippen LogP contribution >= 0.6 is 0 Å². The van der Waals surface area contributed by atoms with E-state index in [1.54, 1.807) is 6.07 Å². The molecule has 0 heterocycles. The van der Waals surface area contributed by atoms with Gasteiger partial charge in [-0.1, -0.05) is 13.0 Å². The molecule has 1 amide bonds. The lowest BCUT2D eigenvalue weighted by Gasteiger charge is -2.12. The molecule has 3 N–H and O–H groups in total. The van der Waals surface area contributed by atoms with Gasteiger partial charge in [0.05, 0.1) is 6.61 Å². The quantitative estimate of drug-likeness (QED) is 0.663. The lowest BCUT2D eigenvalue weighted by Crippen LogP contribution is -2.20. The molecule has 0 spiro atoms. The monoisotopic (exact) mass is 266 g/mol. The van der Waals surface area contributed by atoms with Crippen LogP contribution in [0.5, 0.6) is 11.5 Å². The summed E-state index contributed by atoms with van der Waals surface area (Å²) in [5, 5.41) is 3.32. The van der Waals surface area contributed by atoms with E-state index in [0.29, 0.717) is 18.1 Å². The Labute approximate surface area is 114 Å². The van der Waals surface area contributed by atoms with Gasteiger partial charge in [0.1, 0.15) is 0 Å². The van der Waals surface area contributed by atoms with Crippen LogP contribution in [0.2, 0.25) is 0 Å². The van der Waals surface area contributed by atoms with Gasteiger partial charge in [-0.3, -0.25) is 4.79 Å². The first-order valence-corrected chi connectivity index (χ1v) is 6.54. The maximum atomic E-state index is 10.7. The number of ether oxygens (including phenoxy) is 2. The fraction of sp³-hybridized carbons (Fsp3) is 0.500. The summed E-state index contributed by atoms with van der Waals surface area (Å²) < 4.78 is 10.8. The predicted octanol–water partition coefficient (Wildman–Crippen LogP) is 1.45. The minimum absolute atomic E-state index is 0.145. The molecule has 0 fully saturated rings. The molecule has 0 radical (unpaired) electrons. The SMILES string of the molecule is CCCNCc1ccc(OCC(N)=O)c(OCC)c1. The maximum Gasteiger partial charge on any atom is 0.255 e. The summed E-state index contributed by atoms with van der Waals surface area (Å²) >= 11 is 0. The summed E-state index contributed by atoms with van der Waals surface area (Å²) in [6, 6.07) is 5.67. The summed E-state index contributed by atoms with van der Waals surface area (Å²) in [4.78, 5) is 10.7. The number of benzene rings is 1. The second-order valence-corrected chi connectivity index (χ2v) is 4.15. The van der Waals surface area contributed by atoms with Gasteiger partial charge in [0.2, 0.25) is 0 Å². The average Bonchev–Trinajstić information content (AvgIpc) is 2.38. The molecule has 0 bridgehead atoms. The minimum Gasteiger partial charge on any atom is -0.490 e. The molecule has 1 rings (SSSR count). The van der Waals surface area contributed by atoms with Crippen LogP contribution in [0.1, 0.15) is 25.8 Å². The Morgan fingerprint density at radius 3 is 2.68 bits per heavy atom. The van der Waals surface area contributed by atoms with E-state index >= 15 is 0 Å². The standard InChI is InChI=1S/C14H22N2O3/c1-3-7-16-9-11-5-6-12(19-10-14(15)17)13(8-11)18-4-2/h5-6,8,16H,3-4,7,9-10H2,1-2H3,(H2,15,17). The van der Waals surface area contributed by atoms with Crippen molar-refractivity contribution in [2.45, 2.75) is 26.8 Å². The van der Waals surface area contributed by atoms with E-state index in [2.05, 4.69) is 12.2 Å². The van der Waals surface area contributed by atoms with E-state index in [4.69, 9.17) is 15.2 Å². The molecule has 0 aromatic heterocycles. The van der Waals surface area contributed by atoms with E-state index < -0.39 is 5.91 Å². The number of hydrogen-bond acceptors (Lipinski definition) is 4. The first-order valence-electron chi connectivity index (χ1n) is 6.54. The van der Waals surface area contributed by atoms with Crippen molar-refractivity contribution in [2.24, 2.45) is 5.73 Å². The summed E-state index contributed by atoms with van der Waals surface area (Å²) in [7, 11) is 0. The molecule has 5 heteroatoms. The molecule has 0 aliphatic rings. The Kier molecular flexibility index (Phi) is 6.74. The number of rotatable bonds is 9. The third-order valence-corrected chi connectivity index (χ3v) is 2.43. The Hall–Kier alpha value is -1.75. The third kappa shape index (κ3) is 5.61. The van der Waals surface area contributed by atoms with Crippen molar-refractivity contribution in [3.63, 3.8) is 0 Å². The van der Waals surface area contributed by atoms with Crippen molar-refractivity contribution in [1.82, 2.24) is 5.32 Å². The third-order valence-electron chi connectivity index (χ3n) is 2.43. The van der Waals surface area contributed by atoms with Gasteiger partial charge in [-0.15, -0.1) is 0 Å². The molecule has 1 aromatic rings. The van der Waals surface area contributed by atoms with Crippen LogP contribution in [0, 0.1) is 0 Å². The number of nitrogens with one attached hydrogen (secondary N) is 1. The van der Waals surface area contributed by atoms with Crippen LogP contribution in [-0.2, 0) is 11.3 Å². The van der Waals surface area contributed by atoms with Crippen molar-refractivity contribution in [3.8, 4) is 11.5 Å². The Morgan fingerprint density at radius 2 is 2.05 bits per heavy atom. The highest BCUT2D eigenvalue weighted by molar-refractivity contribution is 5.75. The number of primary amides is 1. The zero-order valence-corrected chi connectivity index (χ0v) is 11.6. The molecule has 1 aromatic carbocycles. The number of nitrogens with two attached hydrogens (primary N) is 1. The second kappa shape index (κ2) is 8.37. The van der Waals surface area contributed by atoms with Crippen LogP contribution in [0.25, 0.3) is 0 Å². The highest BCUT2D eigenvalue weighted by Gasteiger charge is 2.07. The normalized spacial score (nSPS) is 10.2. The van der Waals surface area contributed by atoms with Crippen molar-refractivity contribution >= 4 is 5.91 Å². The topological polar surface area (TPSA) is 73.6 Å². The van der Waals surface area contributed by atoms with Crippen LogP contribution in [-0.4, -0.2) is 25.7 Å². The van der Waals surface area contributed by atoms with Gasteiger partial charge in [-0.05, 0) is 37.6 Å². The molecule has 5 nitrogen and oxygen atoms in total. The van der Waals surface area contributed by atoms with Crippen molar-refractivity contribution in [1.29, 1.82) is 0 Å². The van der Waals surface area contributed by atoms with Crippen molar-refractivity contribution in [2.75, 3.05) is 19.8 Å². The second-order valence-electron chi connectivity index (χ2n) is 4.15. The van der Waals surface area contributed by atoms with Crippen molar-refractivity contribution in [3.05, 3.63) is 23.8 Å². The van der Waals surface area contributed by atoms with Gasteiger partial charge >= 0.3 is 0 Å². The van der Waals surface area contributed by atoms with Crippen LogP contribution in [0.15, 0.2) is 18.2 Å². The molecule has 0 aliphatic carbocycles. The van der Waals surface area contributed by atoms with Gasteiger partial charge in [0.15, 0.2) is 18.1 Å². The molecular weight excluding hydrogens is 244 g/mol. The molecule has 0 saturated heterocycles. The molecule has 0 atom stereocenters. The van der Waals surface area contributed by atoms with Gasteiger partial charge in [0.25, 0.3) is 5.91 Å². The molecule has 0 saturated carbocycles. The van der Waals surface area contributed by atoms with E-state index in [1.165, 1.54) is 0 Å². The highest BCUT2D eigenvalue weighted by Crippen LogP contribution is 2.28. The number of amides is 1. The Morgan fingerprint density at radius 1 is 1.26 bits per heavy atom. The first kappa shape index (κ1) is 15.3. The Balaban J connectivity index is 2.72. The number of hydrogen-bond donors (Lipinski definition) is 2. The highest BCUT2D eigenvalue weighted by atomic mass is 16.5. The van der Waals surface area contributed by atoms with Crippen LogP contribution < -0.4 is 20.5 Å². The average molecular weight is 266 g/mol. The lowest BCUT2D eigenvalue weighted by atomic mass is 10.2. The van der Waals surface area contributed by atoms with E-state index in [-0.39, 0.29) is 6.61 Å². The molecule has 0 aliphatic heterocycles. The summed E-state index contributed by atoms with van der Waals surface area (Å²) in [6.07, 6.45) is 1.10. The van der Waals surface area contributed by atoms with E-state index in [0.717, 1.165) is 25.1 Å². The van der Waals surface area contributed by atoms with Gasteiger partial charge in [-0.25, -0.2) is 0 Å². The van der Waals surface area contributed by atoms with E-state index in [9.17, 15) is 4.79 Å². The van der Waals surface area contributed by atoms with Crippen molar-refractivity contribution < 1.29 is 14.3 Å². The van der Waals surface area contributed by atoms with Gasteiger partial charge in [-0.2, -0.15) is 0 Å². The fourth-order valence-electron chi connectivity index (χ4n) is 1.61. The lowest BCUT2D eigenvalue weighted by molar-refractivity contribution is -0.119. The van der Waals surface area contributed by atoms with Crippen LogP contribution in [0.3, 0.4) is 0 Å². The Bertz CT molecular complexity index is 408. The summed E-state index contributed by atoms with van der Waals surface area (Å²) in [5.74, 6) is 0.676. The molecule has 19 heavy (non-hydrogen) atoms. The molecule has 106 valence electrons.